The van der Waals surface area contributed by atoms with Gasteiger partial charge >= 0.3 is 0 Å². The van der Waals surface area contributed by atoms with E-state index in [4.69, 9.17) is 4.74 Å². The predicted octanol–water partition coefficient (Wildman–Crippen LogP) is 3.88. The summed E-state index contributed by atoms with van der Waals surface area (Å²) >= 11 is 0. The van der Waals surface area contributed by atoms with E-state index in [-0.39, 0.29) is 11.9 Å². The van der Waals surface area contributed by atoms with Crippen molar-refractivity contribution >= 4 is 5.78 Å². The van der Waals surface area contributed by atoms with Crippen LogP contribution >= 0.6 is 0 Å². The summed E-state index contributed by atoms with van der Waals surface area (Å²) < 4.78 is 6.02. The molecule has 0 spiro atoms. The third-order valence-corrected chi connectivity index (χ3v) is 3.75. The maximum absolute atomic E-state index is 11.2. The number of Topliss-reactive ketones (excluding diaryl/α,β-unsaturated/α-hetero) is 1. The number of pyridine rings is 1. The molecule has 2 rings (SSSR count). The van der Waals surface area contributed by atoms with Crippen molar-refractivity contribution < 1.29 is 9.53 Å². The number of hydrogen-bond acceptors (Lipinski definition) is 3. The minimum Gasteiger partial charge on any atom is -0.489 e. The zero-order valence-electron chi connectivity index (χ0n) is 12.3. The Morgan fingerprint density at radius 2 is 2.11 bits per heavy atom. The van der Waals surface area contributed by atoms with Crippen LogP contribution in [-0.2, 0) is 0 Å². The molecular weight excluding hydrogens is 238 g/mol. The normalized spacial score (nSPS) is 25.9. The largest absolute Gasteiger partial charge is 0.489 e. The lowest BCUT2D eigenvalue weighted by Crippen LogP contribution is -2.34. The number of aromatic nitrogens is 1. The molecule has 0 aromatic carbocycles. The quantitative estimate of drug-likeness (QED) is 0.775. The molecule has 1 aromatic rings. The number of ether oxygens (including phenoxy) is 1. The van der Waals surface area contributed by atoms with Crippen LogP contribution in [0.5, 0.6) is 5.75 Å². The van der Waals surface area contributed by atoms with Gasteiger partial charge in [0.15, 0.2) is 5.78 Å². The molecule has 104 valence electrons. The highest BCUT2D eigenvalue weighted by atomic mass is 16.5. The van der Waals surface area contributed by atoms with E-state index < -0.39 is 0 Å². The molecule has 0 radical (unpaired) electrons. The fraction of sp³-hybridized carbons (Fsp3) is 0.625. The van der Waals surface area contributed by atoms with Gasteiger partial charge in [0, 0.05) is 6.92 Å². The van der Waals surface area contributed by atoms with Crippen molar-refractivity contribution in [3.8, 4) is 5.75 Å². The Hall–Kier alpha value is -1.38. The predicted molar refractivity (Wildman–Crippen MR) is 75.5 cm³/mol. The minimum atomic E-state index is -0.0148. The molecule has 1 saturated carbocycles. The molecule has 3 nitrogen and oxygen atoms in total. The molecule has 19 heavy (non-hydrogen) atoms. The maximum Gasteiger partial charge on any atom is 0.178 e. The second-order valence-corrected chi connectivity index (χ2v) is 6.59. The molecule has 1 aliphatic carbocycles. The van der Waals surface area contributed by atoms with Crippen LogP contribution in [-0.4, -0.2) is 16.9 Å². The van der Waals surface area contributed by atoms with E-state index in [1.165, 1.54) is 13.3 Å². The van der Waals surface area contributed by atoms with Gasteiger partial charge in [-0.15, -0.1) is 0 Å². The summed E-state index contributed by atoms with van der Waals surface area (Å²) in [4.78, 5) is 15.3. The average molecular weight is 261 g/mol. The molecule has 1 fully saturated rings. The first kappa shape index (κ1) is 14.0. The van der Waals surface area contributed by atoms with Gasteiger partial charge in [-0.3, -0.25) is 4.79 Å². The van der Waals surface area contributed by atoms with Crippen LogP contribution in [0.4, 0.5) is 0 Å². The molecule has 0 aliphatic heterocycles. The molecule has 2 atom stereocenters. The number of rotatable bonds is 3. The molecule has 0 amide bonds. The molecule has 1 aliphatic rings. The van der Waals surface area contributed by atoms with Gasteiger partial charge in [-0.05, 0) is 42.7 Å². The minimum absolute atomic E-state index is 0.0148. The number of ketones is 1. The smallest absolute Gasteiger partial charge is 0.178 e. The van der Waals surface area contributed by atoms with E-state index in [0.29, 0.717) is 17.0 Å². The Kier molecular flexibility index (Phi) is 3.93. The molecule has 0 saturated heterocycles. The standard InChI is InChI=1S/C16H23NO2/c1-11-7-14(9-16(3,4)8-11)19-13-5-6-15(12(2)18)17-10-13/h5-6,10-11,14H,7-9H2,1-4H3. The highest BCUT2D eigenvalue weighted by molar-refractivity contribution is 5.92. The summed E-state index contributed by atoms with van der Waals surface area (Å²) in [6.45, 7) is 8.41. The summed E-state index contributed by atoms with van der Waals surface area (Å²) in [6, 6.07) is 3.57. The zero-order valence-corrected chi connectivity index (χ0v) is 12.3. The van der Waals surface area contributed by atoms with Crippen LogP contribution in [0.2, 0.25) is 0 Å². The van der Waals surface area contributed by atoms with E-state index in [1.54, 1.807) is 12.3 Å². The summed E-state index contributed by atoms with van der Waals surface area (Å²) in [7, 11) is 0. The van der Waals surface area contributed by atoms with Crippen LogP contribution in [0.25, 0.3) is 0 Å². The number of nitrogens with zero attached hydrogens (tertiary/aromatic N) is 1. The van der Waals surface area contributed by atoms with Crippen molar-refractivity contribution in [3.63, 3.8) is 0 Å². The second-order valence-electron chi connectivity index (χ2n) is 6.59. The van der Waals surface area contributed by atoms with Crippen molar-refractivity contribution in [2.45, 2.75) is 53.1 Å². The Morgan fingerprint density at radius 1 is 1.37 bits per heavy atom. The monoisotopic (exact) mass is 261 g/mol. The molecule has 0 N–H and O–H groups in total. The van der Waals surface area contributed by atoms with E-state index in [1.807, 2.05) is 6.07 Å². The van der Waals surface area contributed by atoms with Crippen LogP contribution in [0.15, 0.2) is 18.3 Å². The summed E-state index contributed by atoms with van der Waals surface area (Å²) in [6.07, 6.45) is 5.34. The maximum atomic E-state index is 11.2. The molecular formula is C16H23NO2. The Bertz CT molecular complexity index is 450. The molecule has 0 bridgehead atoms. The van der Waals surface area contributed by atoms with Gasteiger partial charge in [0.25, 0.3) is 0 Å². The lowest BCUT2D eigenvalue weighted by molar-refractivity contribution is 0.0560. The number of carbonyl (C=O) groups is 1. The fourth-order valence-corrected chi connectivity index (χ4v) is 3.20. The lowest BCUT2D eigenvalue weighted by Gasteiger charge is -2.38. The third-order valence-electron chi connectivity index (χ3n) is 3.75. The highest BCUT2D eigenvalue weighted by Gasteiger charge is 2.33. The van der Waals surface area contributed by atoms with Crippen molar-refractivity contribution in [3.05, 3.63) is 24.0 Å². The SMILES string of the molecule is CC(=O)c1ccc(OC2CC(C)CC(C)(C)C2)cn1. The number of hydrogen-bond donors (Lipinski definition) is 0. The number of carbonyl (C=O) groups excluding carboxylic acids is 1. The summed E-state index contributed by atoms with van der Waals surface area (Å²) in [5.41, 5.74) is 0.833. The highest BCUT2D eigenvalue weighted by Crippen LogP contribution is 2.39. The molecule has 1 heterocycles. The van der Waals surface area contributed by atoms with Crippen molar-refractivity contribution in [2.24, 2.45) is 11.3 Å². The van der Waals surface area contributed by atoms with Gasteiger partial charge in [0.1, 0.15) is 11.4 Å². The van der Waals surface area contributed by atoms with Crippen molar-refractivity contribution in [2.75, 3.05) is 0 Å². The first-order valence-corrected chi connectivity index (χ1v) is 6.99. The molecule has 1 aromatic heterocycles. The molecule has 2 unspecified atom stereocenters. The van der Waals surface area contributed by atoms with Gasteiger partial charge < -0.3 is 4.74 Å². The van der Waals surface area contributed by atoms with E-state index in [0.717, 1.165) is 18.6 Å². The zero-order chi connectivity index (χ0) is 14.0. The third kappa shape index (κ3) is 3.79. The van der Waals surface area contributed by atoms with Gasteiger partial charge in [0.2, 0.25) is 0 Å². The average Bonchev–Trinajstić information content (AvgIpc) is 2.26. The van der Waals surface area contributed by atoms with Crippen LogP contribution in [0.1, 0.15) is 57.4 Å². The second kappa shape index (κ2) is 5.32. The van der Waals surface area contributed by atoms with E-state index in [9.17, 15) is 4.79 Å². The van der Waals surface area contributed by atoms with Crippen molar-refractivity contribution in [1.29, 1.82) is 0 Å². The van der Waals surface area contributed by atoms with E-state index in [2.05, 4.69) is 25.8 Å². The van der Waals surface area contributed by atoms with Gasteiger partial charge in [-0.2, -0.15) is 0 Å². The summed E-state index contributed by atoms with van der Waals surface area (Å²) in [5.74, 6) is 1.44. The lowest BCUT2D eigenvalue weighted by atomic mass is 9.71. The fourth-order valence-electron chi connectivity index (χ4n) is 3.20. The van der Waals surface area contributed by atoms with Crippen LogP contribution < -0.4 is 4.74 Å². The summed E-state index contributed by atoms with van der Waals surface area (Å²) in [5, 5.41) is 0. The first-order valence-electron chi connectivity index (χ1n) is 6.99. The van der Waals surface area contributed by atoms with Crippen molar-refractivity contribution in [1.82, 2.24) is 4.98 Å². The Balaban J connectivity index is 2.02. The van der Waals surface area contributed by atoms with E-state index >= 15 is 0 Å². The van der Waals surface area contributed by atoms with Gasteiger partial charge in [-0.1, -0.05) is 20.8 Å². The van der Waals surface area contributed by atoms with Crippen LogP contribution in [0.3, 0.4) is 0 Å². The van der Waals surface area contributed by atoms with Gasteiger partial charge in [0.05, 0.1) is 12.3 Å². The van der Waals surface area contributed by atoms with Crippen LogP contribution in [0, 0.1) is 11.3 Å². The Morgan fingerprint density at radius 3 is 2.63 bits per heavy atom. The topological polar surface area (TPSA) is 39.2 Å². The first-order chi connectivity index (χ1) is 8.85. The Labute approximate surface area is 115 Å². The molecule has 3 heteroatoms. The van der Waals surface area contributed by atoms with Gasteiger partial charge in [-0.25, -0.2) is 4.98 Å².